The third-order valence-electron chi connectivity index (χ3n) is 3.38. The Hall–Kier alpha value is -2.61. The molecule has 22 heavy (non-hydrogen) atoms. The summed E-state index contributed by atoms with van der Waals surface area (Å²) in [5.74, 6) is -0.446. The van der Waals surface area contributed by atoms with Gasteiger partial charge in [-0.1, -0.05) is 0 Å². The van der Waals surface area contributed by atoms with E-state index in [-0.39, 0.29) is 10.6 Å². The highest BCUT2D eigenvalue weighted by atomic mass is 32.2. The molecule has 1 aromatic heterocycles. The van der Waals surface area contributed by atoms with Crippen molar-refractivity contribution >= 4 is 45.6 Å². The normalized spacial score (nSPS) is 16.5. The molecule has 2 heterocycles. The number of aryl methyl sites for hydroxylation is 1. The molecule has 0 aliphatic carbocycles. The second-order valence-corrected chi connectivity index (χ2v) is 5.70. The van der Waals surface area contributed by atoms with Gasteiger partial charge in [0.1, 0.15) is 0 Å². The molecule has 2 aromatic rings. The van der Waals surface area contributed by atoms with E-state index in [0.717, 1.165) is 17.3 Å². The molecule has 112 valence electrons. The first-order chi connectivity index (χ1) is 10.5. The molecule has 1 N–H and O–H groups in total. The Bertz CT molecular complexity index is 853. The first-order valence-corrected chi connectivity index (χ1v) is 7.33. The molecule has 0 unspecified atom stereocenters. The van der Waals surface area contributed by atoms with Crippen LogP contribution < -0.4 is 5.32 Å². The molecule has 3 rings (SSSR count). The number of fused-ring (bicyclic) bond motifs is 1. The molecule has 0 saturated carbocycles. The van der Waals surface area contributed by atoms with Gasteiger partial charge in [-0.2, -0.15) is 0 Å². The Labute approximate surface area is 129 Å². The van der Waals surface area contributed by atoms with Gasteiger partial charge in [-0.05, 0) is 30.8 Å². The Balaban J connectivity index is 2.18. The van der Waals surface area contributed by atoms with E-state index in [0.29, 0.717) is 17.5 Å². The molecule has 1 saturated heterocycles. The summed E-state index contributed by atoms with van der Waals surface area (Å²) in [7, 11) is 0. The van der Waals surface area contributed by atoms with Crippen LogP contribution in [-0.4, -0.2) is 20.6 Å². The van der Waals surface area contributed by atoms with Crippen molar-refractivity contribution in [3.05, 3.63) is 45.0 Å². The van der Waals surface area contributed by atoms with Crippen LogP contribution in [0, 0.1) is 10.1 Å². The predicted molar refractivity (Wildman–Crippen MR) is 83.4 cm³/mol. The van der Waals surface area contributed by atoms with E-state index in [1.54, 1.807) is 12.1 Å². The molecule has 8 heteroatoms. The van der Waals surface area contributed by atoms with Crippen molar-refractivity contribution in [2.75, 3.05) is 0 Å². The lowest BCUT2D eigenvalue weighted by molar-refractivity contribution is -0.384. The number of carbonyl (C=O) groups excluding carboxylic acids is 2. The van der Waals surface area contributed by atoms with E-state index in [9.17, 15) is 19.7 Å². The monoisotopic (exact) mass is 317 g/mol. The molecule has 1 fully saturated rings. The van der Waals surface area contributed by atoms with Gasteiger partial charge < -0.3 is 4.57 Å². The second kappa shape index (κ2) is 5.30. The predicted octanol–water partition coefficient (Wildman–Crippen LogP) is 2.89. The van der Waals surface area contributed by atoms with Crippen LogP contribution in [0.4, 0.5) is 10.5 Å². The van der Waals surface area contributed by atoms with E-state index in [1.165, 1.54) is 12.1 Å². The number of hydrogen-bond donors (Lipinski definition) is 1. The number of aromatic nitrogens is 1. The Kier molecular flexibility index (Phi) is 3.45. The van der Waals surface area contributed by atoms with Crippen molar-refractivity contribution in [3.8, 4) is 0 Å². The van der Waals surface area contributed by atoms with Crippen LogP contribution >= 0.6 is 11.8 Å². The minimum absolute atomic E-state index is 0.0133. The van der Waals surface area contributed by atoms with Crippen LogP contribution in [0.25, 0.3) is 17.0 Å². The molecule has 7 nitrogen and oxygen atoms in total. The quantitative estimate of drug-likeness (QED) is 0.533. The lowest BCUT2D eigenvalue weighted by Crippen LogP contribution is -2.17. The first-order valence-electron chi connectivity index (χ1n) is 6.51. The smallest absolute Gasteiger partial charge is 0.290 e. The maximum Gasteiger partial charge on any atom is 0.290 e. The van der Waals surface area contributed by atoms with Gasteiger partial charge in [0.2, 0.25) is 0 Å². The molecule has 0 bridgehead atoms. The maximum absolute atomic E-state index is 11.6. The fourth-order valence-corrected chi connectivity index (χ4v) is 3.04. The zero-order valence-electron chi connectivity index (χ0n) is 11.5. The first kappa shape index (κ1) is 14.3. The lowest BCUT2D eigenvalue weighted by atomic mass is 10.1. The molecule has 2 amide bonds. The third kappa shape index (κ3) is 2.37. The average molecular weight is 317 g/mol. The van der Waals surface area contributed by atoms with Crippen LogP contribution in [0.1, 0.15) is 12.5 Å². The minimum Gasteiger partial charge on any atom is -0.347 e. The summed E-state index contributed by atoms with van der Waals surface area (Å²) >= 11 is 0.823. The third-order valence-corrected chi connectivity index (χ3v) is 4.19. The van der Waals surface area contributed by atoms with Crippen molar-refractivity contribution < 1.29 is 14.5 Å². The zero-order chi connectivity index (χ0) is 15.9. The number of benzene rings is 1. The molecular weight excluding hydrogens is 306 g/mol. The Morgan fingerprint density at radius 2 is 2.18 bits per heavy atom. The molecule has 1 aliphatic rings. The number of nitrogens with zero attached hydrogens (tertiary/aromatic N) is 2. The molecule has 1 aromatic carbocycles. The van der Waals surface area contributed by atoms with Crippen molar-refractivity contribution in [2.45, 2.75) is 13.5 Å². The van der Waals surface area contributed by atoms with Gasteiger partial charge in [0.05, 0.1) is 9.83 Å². The number of thioether (sulfide) groups is 1. The van der Waals surface area contributed by atoms with Crippen LogP contribution in [0.15, 0.2) is 29.3 Å². The van der Waals surface area contributed by atoms with Crippen LogP contribution in [0.2, 0.25) is 0 Å². The topological polar surface area (TPSA) is 94.2 Å². The van der Waals surface area contributed by atoms with E-state index in [1.807, 2.05) is 17.7 Å². The van der Waals surface area contributed by atoms with E-state index in [4.69, 9.17) is 0 Å². The number of amides is 2. The van der Waals surface area contributed by atoms with Gasteiger partial charge in [0, 0.05) is 41.3 Å². The average Bonchev–Trinajstić information content (AvgIpc) is 2.99. The number of carbonyl (C=O) groups is 2. The van der Waals surface area contributed by atoms with Crippen LogP contribution in [-0.2, 0) is 11.3 Å². The summed E-state index contributed by atoms with van der Waals surface area (Å²) in [6.07, 6.45) is 3.40. The van der Waals surface area contributed by atoms with Crippen molar-refractivity contribution in [3.63, 3.8) is 0 Å². The van der Waals surface area contributed by atoms with Crippen LogP contribution in [0.3, 0.4) is 0 Å². The minimum atomic E-state index is -0.458. The molecule has 1 aliphatic heterocycles. The lowest BCUT2D eigenvalue weighted by Gasteiger charge is -1.99. The standard InChI is InChI=1S/C14H11N3O4S/c1-2-16-7-8(5-12-13(18)15-14(19)22-12)10-6-9(17(20)21)3-4-11(10)16/h3-7H,2H2,1H3,(H,15,18,19)/b12-5-. The van der Waals surface area contributed by atoms with Gasteiger partial charge in [-0.25, -0.2) is 0 Å². The number of nitro groups is 1. The summed E-state index contributed by atoms with van der Waals surface area (Å²) in [5.41, 5.74) is 1.50. The Morgan fingerprint density at radius 3 is 2.77 bits per heavy atom. The fraction of sp³-hybridized carbons (Fsp3) is 0.143. The van der Waals surface area contributed by atoms with Crippen molar-refractivity contribution in [1.82, 2.24) is 9.88 Å². The molecule has 0 spiro atoms. The molecule has 0 radical (unpaired) electrons. The van der Waals surface area contributed by atoms with Gasteiger partial charge >= 0.3 is 0 Å². The van der Waals surface area contributed by atoms with Gasteiger partial charge in [0.15, 0.2) is 0 Å². The Morgan fingerprint density at radius 1 is 1.41 bits per heavy atom. The van der Waals surface area contributed by atoms with E-state index < -0.39 is 16.1 Å². The number of nitrogens with one attached hydrogen (secondary N) is 1. The number of nitro benzene ring substituents is 1. The second-order valence-electron chi connectivity index (χ2n) is 4.68. The highest BCUT2D eigenvalue weighted by molar-refractivity contribution is 8.18. The summed E-state index contributed by atoms with van der Waals surface area (Å²) in [6, 6.07) is 4.62. The SMILES string of the molecule is CCn1cc(/C=C2\SC(=O)NC2=O)c2cc([N+](=O)[O-])ccc21. The largest absolute Gasteiger partial charge is 0.347 e. The molecule has 0 atom stereocenters. The summed E-state index contributed by atoms with van der Waals surface area (Å²) in [5, 5.41) is 13.4. The number of non-ortho nitro benzene ring substituents is 1. The van der Waals surface area contributed by atoms with Crippen molar-refractivity contribution in [1.29, 1.82) is 0 Å². The van der Waals surface area contributed by atoms with Crippen LogP contribution in [0.5, 0.6) is 0 Å². The van der Waals surface area contributed by atoms with E-state index >= 15 is 0 Å². The highest BCUT2D eigenvalue weighted by Crippen LogP contribution is 2.31. The van der Waals surface area contributed by atoms with Gasteiger partial charge in [-0.15, -0.1) is 0 Å². The van der Waals surface area contributed by atoms with Crippen molar-refractivity contribution in [2.24, 2.45) is 0 Å². The fourth-order valence-electron chi connectivity index (χ4n) is 2.37. The maximum atomic E-state index is 11.6. The van der Waals surface area contributed by atoms with Gasteiger partial charge in [0.25, 0.3) is 16.8 Å². The van der Waals surface area contributed by atoms with Gasteiger partial charge in [-0.3, -0.25) is 25.0 Å². The zero-order valence-corrected chi connectivity index (χ0v) is 12.3. The number of hydrogen-bond acceptors (Lipinski definition) is 5. The van der Waals surface area contributed by atoms with E-state index in [2.05, 4.69) is 5.32 Å². The number of rotatable bonds is 3. The summed E-state index contributed by atoms with van der Waals surface area (Å²) < 4.78 is 1.94. The highest BCUT2D eigenvalue weighted by Gasteiger charge is 2.25. The summed E-state index contributed by atoms with van der Waals surface area (Å²) in [4.78, 5) is 33.6. The molecular formula is C14H11N3O4S. The number of imide groups is 1. The summed E-state index contributed by atoms with van der Waals surface area (Å²) in [6.45, 7) is 2.65.